The number of anilines is 1. The summed E-state index contributed by atoms with van der Waals surface area (Å²) in [6.45, 7) is 0.522. The Balaban J connectivity index is 1.50. The van der Waals surface area contributed by atoms with Gasteiger partial charge < -0.3 is 5.32 Å². The van der Waals surface area contributed by atoms with Crippen molar-refractivity contribution in [2.24, 2.45) is 0 Å². The molecule has 4 aromatic rings. The van der Waals surface area contributed by atoms with Crippen LogP contribution in [0.3, 0.4) is 0 Å². The number of pyridine rings is 1. The van der Waals surface area contributed by atoms with Gasteiger partial charge in [0.1, 0.15) is 5.82 Å². The average molecular weight is 465 g/mol. The Labute approximate surface area is 194 Å². The van der Waals surface area contributed by atoms with E-state index in [1.54, 1.807) is 22.8 Å². The normalized spacial score (nSPS) is 10.9. The first kappa shape index (κ1) is 22.0. The van der Waals surface area contributed by atoms with Crippen LogP contribution in [0.5, 0.6) is 0 Å². The van der Waals surface area contributed by atoms with Gasteiger partial charge in [-0.25, -0.2) is 9.97 Å². The largest absolute Gasteiger partial charge is 0.310 e. The van der Waals surface area contributed by atoms with Gasteiger partial charge in [-0.2, -0.15) is 0 Å². The maximum absolute atomic E-state index is 13.1. The van der Waals surface area contributed by atoms with Crippen molar-refractivity contribution in [1.29, 1.82) is 0 Å². The highest BCUT2D eigenvalue weighted by atomic mass is 35.5. The molecule has 0 unspecified atom stereocenters. The third-order valence-electron chi connectivity index (χ3n) is 4.84. The van der Waals surface area contributed by atoms with Gasteiger partial charge in [0.25, 0.3) is 5.56 Å². The first-order valence-corrected chi connectivity index (χ1v) is 11.5. The molecule has 1 N–H and O–H groups in total. The number of amides is 1. The Morgan fingerprint density at radius 1 is 1.03 bits per heavy atom. The fourth-order valence-electron chi connectivity index (χ4n) is 3.30. The maximum Gasteiger partial charge on any atom is 0.262 e. The van der Waals surface area contributed by atoms with E-state index in [0.29, 0.717) is 33.4 Å². The lowest BCUT2D eigenvalue weighted by atomic mass is 10.1. The van der Waals surface area contributed by atoms with Crippen molar-refractivity contribution in [2.75, 3.05) is 11.1 Å². The van der Waals surface area contributed by atoms with Crippen molar-refractivity contribution in [3.8, 4) is 0 Å². The molecule has 6 nitrogen and oxygen atoms in total. The zero-order valence-corrected chi connectivity index (χ0v) is 18.8. The standard InChI is InChI=1S/C24H21ClN4O2S/c25-18-12-13-21(26-15-18)28-22(30)16-32-24-27-20-11-5-4-10-19(20)23(31)29(24)14-6-9-17-7-2-1-3-8-17/h1-5,7-8,10-13,15H,6,9,14,16H2,(H,26,28,30). The Morgan fingerprint density at radius 2 is 1.81 bits per heavy atom. The minimum atomic E-state index is -0.233. The number of hydrogen-bond donors (Lipinski definition) is 1. The van der Waals surface area contributed by atoms with E-state index in [2.05, 4.69) is 27.4 Å². The van der Waals surface area contributed by atoms with Crippen LogP contribution in [0.25, 0.3) is 10.9 Å². The summed E-state index contributed by atoms with van der Waals surface area (Å²) in [6.07, 6.45) is 3.12. The lowest BCUT2D eigenvalue weighted by Gasteiger charge is -2.13. The number of aromatic nitrogens is 3. The number of benzene rings is 2. The maximum atomic E-state index is 13.1. The molecule has 2 aromatic heterocycles. The molecule has 0 saturated carbocycles. The van der Waals surface area contributed by atoms with Crippen molar-refractivity contribution in [2.45, 2.75) is 24.5 Å². The molecule has 162 valence electrons. The zero-order chi connectivity index (χ0) is 22.3. The molecule has 0 spiro atoms. The summed E-state index contributed by atoms with van der Waals surface area (Å²) in [4.78, 5) is 34.3. The summed E-state index contributed by atoms with van der Waals surface area (Å²) < 4.78 is 1.67. The minimum absolute atomic E-state index is 0.0917. The van der Waals surface area contributed by atoms with Crippen LogP contribution in [0.4, 0.5) is 5.82 Å². The van der Waals surface area contributed by atoms with Gasteiger partial charge in [0.05, 0.1) is 21.7 Å². The second kappa shape index (κ2) is 10.4. The lowest BCUT2D eigenvalue weighted by molar-refractivity contribution is -0.113. The minimum Gasteiger partial charge on any atom is -0.310 e. The van der Waals surface area contributed by atoms with E-state index in [9.17, 15) is 9.59 Å². The summed E-state index contributed by atoms with van der Waals surface area (Å²) >= 11 is 7.07. The van der Waals surface area contributed by atoms with Crippen molar-refractivity contribution in [1.82, 2.24) is 14.5 Å². The van der Waals surface area contributed by atoms with Gasteiger partial charge in [-0.05, 0) is 42.7 Å². The van der Waals surface area contributed by atoms with Gasteiger partial charge in [-0.15, -0.1) is 0 Å². The third-order valence-corrected chi connectivity index (χ3v) is 6.04. The van der Waals surface area contributed by atoms with E-state index in [1.807, 2.05) is 36.4 Å². The molecular weight excluding hydrogens is 444 g/mol. The Morgan fingerprint density at radius 3 is 2.59 bits per heavy atom. The first-order chi connectivity index (χ1) is 15.6. The van der Waals surface area contributed by atoms with Gasteiger partial charge in [-0.3, -0.25) is 14.2 Å². The fourth-order valence-corrected chi connectivity index (χ4v) is 4.24. The van der Waals surface area contributed by atoms with Crippen molar-refractivity contribution in [3.05, 3.63) is 93.9 Å². The van der Waals surface area contributed by atoms with Gasteiger partial charge >= 0.3 is 0 Å². The van der Waals surface area contributed by atoms with E-state index >= 15 is 0 Å². The topological polar surface area (TPSA) is 76.9 Å². The lowest BCUT2D eigenvalue weighted by Crippen LogP contribution is -2.24. The monoisotopic (exact) mass is 464 g/mol. The van der Waals surface area contributed by atoms with Crippen LogP contribution in [0.2, 0.25) is 5.02 Å². The number of aryl methyl sites for hydroxylation is 1. The number of rotatable bonds is 8. The van der Waals surface area contributed by atoms with E-state index < -0.39 is 0 Å². The van der Waals surface area contributed by atoms with Gasteiger partial charge in [-0.1, -0.05) is 65.8 Å². The van der Waals surface area contributed by atoms with Crippen LogP contribution in [-0.4, -0.2) is 26.2 Å². The highest BCUT2D eigenvalue weighted by Gasteiger charge is 2.13. The summed E-state index contributed by atoms with van der Waals surface area (Å²) in [7, 11) is 0. The molecule has 8 heteroatoms. The van der Waals surface area contributed by atoms with Crippen molar-refractivity contribution >= 4 is 46.0 Å². The highest BCUT2D eigenvalue weighted by molar-refractivity contribution is 7.99. The average Bonchev–Trinajstić information content (AvgIpc) is 2.81. The number of carbonyl (C=O) groups excluding carboxylic acids is 1. The van der Waals surface area contributed by atoms with Gasteiger partial charge in [0, 0.05) is 12.7 Å². The summed E-state index contributed by atoms with van der Waals surface area (Å²) in [6, 6.07) is 20.7. The predicted molar refractivity (Wildman–Crippen MR) is 129 cm³/mol. The number of thioether (sulfide) groups is 1. The Kier molecular flexibility index (Phi) is 7.19. The van der Waals surface area contributed by atoms with Crippen molar-refractivity contribution < 1.29 is 4.79 Å². The summed E-state index contributed by atoms with van der Waals surface area (Å²) in [5, 5.41) is 4.33. The van der Waals surface area contributed by atoms with Crippen molar-refractivity contribution in [3.63, 3.8) is 0 Å². The number of halogens is 1. The summed E-state index contributed by atoms with van der Waals surface area (Å²) in [5.41, 5.74) is 1.75. The Hall–Kier alpha value is -3.16. The molecule has 0 aliphatic carbocycles. The highest BCUT2D eigenvalue weighted by Crippen LogP contribution is 2.19. The molecule has 0 saturated heterocycles. The predicted octanol–water partition coefficient (Wildman–Crippen LogP) is 4.81. The molecule has 0 aliphatic rings. The molecule has 0 radical (unpaired) electrons. The van der Waals surface area contributed by atoms with Gasteiger partial charge in [0.2, 0.25) is 5.91 Å². The quantitative estimate of drug-likeness (QED) is 0.299. The number of hydrogen-bond acceptors (Lipinski definition) is 5. The number of carbonyl (C=O) groups is 1. The molecule has 0 atom stereocenters. The Bertz CT molecular complexity index is 1280. The summed E-state index contributed by atoms with van der Waals surface area (Å²) in [5.74, 6) is 0.295. The molecule has 2 heterocycles. The van der Waals surface area contributed by atoms with Crippen LogP contribution >= 0.6 is 23.4 Å². The van der Waals surface area contributed by atoms with Crippen LogP contribution in [0.15, 0.2) is 82.9 Å². The zero-order valence-electron chi connectivity index (χ0n) is 17.2. The number of nitrogens with zero attached hydrogens (tertiary/aromatic N) is 3. The fraction of sp³-hybridized carbons (Fsp3) is 0.167. The first-order valence-electron chi connectivity index (χ1n) is 10.2. The SMILES string of the molecule is O=C(CSc1nc2ccccc2c(=O)n1CCCc1ccccc1)Nc1ccc(Cl)cn1. The molecule has 0 fully saturated rings. The number of fused-ring (bicyclic) bond motifs is 1. The molecule has 32 heavy (non-hydrogen) atoms. The van der Waals surface area contributed by atoms with Crippen LogP contribution in [-0.2, 0) is 17.8 Å². The molecule has 2 aromatic carbocycles. The number of nitrogens with one attached hydrogen (secondary N) is 1. The van der Waals surface area contributed by atoms with Crippen LogP contribution in [0.1, 0.15) is 12.0 Å². The van der Waals surface area contributed by atoms with Crippen LogP contribution < -0.4 is 10.9 Å². The second-order valence-electron chi connectivity index (χ2n) is 7.16. The number of para-hydroxylation sites is 1. The molecule has 4 rings (SSSR count). The van der Waals surface area contributed by atoms with Gasteiger partial charge in [0.15, 0.2) is 5.16 Å². The van der Waals surface area contributed by atoms with E-state index in [1.165, 1.54) is 23.5 Å². The van der Waals surface area contributed by atoms with E-state index in [0.717, 1.165) is 12.8 Å². The van der Waals surface area contributed by atoms with Crippen LogP contribution in [0, 0.1) is 0 Å². The molecule has 0 aliphatic heterocycles. The molecular formula is C24H21ClN4O2S. The molecule has 1 amide bonds. The second-order valence-corrected chi connectivity index (χ2v) is 8.53. The smallest absolute Gasteiger partial charge is 0.262 e. The molecule has 0 bridgehead atoms. The van der Waals surface area contributed by atoms with E-state index in [-0.39, 0.29) is 17.2 Å². The van der Waals surface area contributed by atoms with E-state index in [4.69, 9.17) is 11.6 Å². The third kappa shape index (κ3) is 5.55.